The van der Waals surface area contributed by atoms with E-state index in [-0.39, 0.29) is 36.7 Å². The number of halogens is 2. The van der Waals surface area contributed by atoms with Crippen LogP contribution in [0.3, 0.4) is 0 Å². The van der Waals surface area contributed by atoms with E-state index in [2.05, 4.69) is 5.32 Å². The third-order valence-corrected chi connectivity index (χ3v) is 6.74. The quantitative estimate of drug-likeness (QED) is 0.446. The van der Waals surface area contributed by atoms with Gasteiger partial charge < -0.3 is 10.2 Å². The average molecular weight is 512 g/mol. The van der Waals surface area contributed by atoms with E-state index in [1.165, 1.54) is 9.80 Å². The summed E-state index contributed by atoms with van der Waals surface area (Å²) in [6.07, 6.45) is 0. The van der Waals surface area contributed by atoms with Crippen LogP contribution in [-0.4, -0.2) is 41.8 Å². The number of carbonyl (C=O) groups is 3. The second kappa shape index (κ2) is 10.3. The maximum Gasteiger partial charge on any atom is 0.259 e. The molecule has 0 fully saturated rings. The Morgan fingerprint density at radius 1 is 1.03 bits per heavy atom. The smallest absolute Gasteiger partial charge is 0.259 e. The third-order valence-electron chi connectivity index (χ3n) is 6.15. The minimum atomic E-state index is -0.774. The Hall–Kier alpha value is -3.09. The molecule has 4 rings (SSSR count). The number of amides is 3. The lowest BCUT2D eigenvalue weighted by Crippen LogP contribution is -2.51. The van der Waals surface area contributed by atoms with Crippen LogP contribution in [-0.2, 0) is 16.1 Å². The molecule has 0 saturated heterocycles. The molecule has 3 amide bonds. The lowest BCUT2D eigenvalue weighted by atomic mass is 10.1. The monoisotopic (exact) mass is 511 g/mol. The van der Waals surface area contributed by atoms with Crippen LogP contribution in [0.5, 0.6) is 0 Å². The summed E-state index contributed by atoms with van der Waals surface area (Å²) < 4.78 is 0. The zero-order valence-corrected chi connectivity index (χ0v) is 21.4. The first-order valence-corrected chi connectivity index (χ1v) is 12.3. The second-order valence-corrected chi connectivity index (χ2v) is 9.99. The Morgan fingerprint density at radius 3 is 2.43 bits per heavy atom. The van der Waals surface area contributed by atoms with E-state index < -0.39 is 6.04 Å². The molecule has 0 radical (unpaired) electrons. The first-order valence-electron chi connectivity index (χ1n) is 11.5. The fraction of sp³-hybridized carbons (Fsp3) is 0.296. The molecule has 1 aliphatic rings. The van der Waals surface area contributed by atoms with E-state index in [0.29, 0.717) is 33.4 Å². The van der Waals surface area contributed by atoms with Gasteiger partial charge in [-0.3, -0.25) is 19.3 Å². The Balaban J connectivity index is 1.63. The van der Waals surface area contributed by atoms with Crippen molar-refractivity contribution in [3.05, 3.63) is 75.8 Å². The highest BCUT2D eigenvalue weighted by molar-refractivity contribution is 6.35. The number of nitrogens with one attached hydrogen (secondary N) is 1. The molecule has 182 valence electrons. The van der Waals surface area contributed by atoms with Crippen LogP contribution in [0.1, 0.15) is 36.7 Å². The van der Waals surface area contributed by atoms with Crippen LogP contribution in [0.4, 0.5) is 5.69 Å². The molecule has 0 aromatic heterocycles. The van der Waals surface area contributed by atoms with E-state index in [9.17, 15) is 14.4 Å². The summed E-state index contributed by atoms with van der Waals surface area (Å²) >= 11 is 12.4. The number of hydrogen-bond donors (Lipinski definition) is 1. The molecule has 1 heterocycles. The number of anilines is 1. The number of rotatable bonds is 8. The SMILES string of the molecule is CC(C)CNC(=O)C(C)N(Cc1ccc(Cl)cc1Cl)C(=O)CN1C(=O)c2cccc3cccc1c23. The Morgan fingerprint density at radius 2 is 1.74 bits per heavy atom. The van der Waals surface area contributed by atoms with Gasteiger partial charge in [-0.2, -0.15) is 0 Å². The molecule has 0 saturated carbocycles. The van der Waals surface area contributed by atoms with Crippen molar-refractivity contribution in [1.82, 2.24) is 10.2 Å². The Labute approximate surface area is 214 Å². The van der Waals surface area contributed by atoms with Gasteiger partial charge in [0.05, 0.1) is 5.69 Å². The minimum Gasteiger partial charge on any atom is -0.354 e. The maximum absolute atomic E-state index is 13.7. The molecule has 3 aromatic rings. The molecule has 0 bridgehead atoms. The minimum absolute atomic E-state index is 0.101. The van der Waals surface area contributed by atoms with Crippen molar-refractivity contribution in [2.75, 3.05) is 18.0 Å². The zero-order chi connectivity index (χ0) is 25.3. The highest BCUT2D eigenvalue weighted by Crippen LogP contribution is 2.37. The molecule has 3 aromatic carbocycles. The van der Waals surface area contributed by atoms with Gasteiger partial charge in [0.1, 0.15) is 12.6 Å². The molecule has 6 nitrogen and oxygen atoms in total. The summed E-state index contributed by atoms with van der Waals surface area (Å²) in [6, 6.07) is 15.4. The van der Waals surface area contributed by atoms with Crippen molar-refractivity contribution in [3.63, 3.8) is 0 Å². The van der Waals surface area contributed by atoms with Crippen LogP contribution in [0, 0.1) is 5.92 Å². The molecule has 1 unspecified atom stereocenters. The fourth-order valence-corrected chi connectivity index (χ4v) is 4.70. The van der Waals surface area contributed by atoms with Crippen molar-refractivity contribution in [2.24, 2.45) is 5.92 Å². The van der Waals surface area contributed by atoms with Crippen LogP contribution in [0.2, 0.25) is 10.0 Å². The van der Waals surface area contributed by atoms with Gasteiger partial charge in [-0.25, -0.2) is 0 Å². The van der Waals surface area contributed by atoms with Gasteiger partial charge in [0.2, 0.25) is 11.8 Å². The summed E-state index contributed by atoms with van der Waals surface area (Å²) in [6.45, 7) is 6.08. The predicted molar refractivity (Wildman–Crippen MR) is 140 cm³/mol. The van der Waals surface area contributed by atoms with Gasteiger partial charge in [-0.05, 0) is 48.1 Å². The summed E-state index contributed by atoms with van der Waals surface area (Å²) in [5.74, 6) is -0.592. The topological polar surface area (TPSA) is 69.7 Å². The summed E-state index contributed by atoms with van der Waals surface area (Å²) in [5.41, 5.74) is 1.92. The number of carbonyl (C=O) groups excluding carboxylic acids is 3. The van der Waals surface area contributed by atoms with Crippen molar-refractivity contribution in [3.8, 4) is 0 Å². The highest BCUT2D eigenvalue weighted by atomic mass is 35.5. The largest absolute Gasteiger partial charge is 0.354 e. The standard InChI is InChI=1S/C27H27Cl2N3O3/c1-16(2)13-30-26(34)17(3)31(14-19-10-11-20(28)12-22(19)29)24(33)15-32-23-9-5-7-18-6-4-8-21(25(18)23)27(32)35/h4-12,16-17H,13-15H2,1-3H3,(H,30,34). The second-order valence-electron chi connectivity index (χ2n) is 9.14. The molecular weight excluding hydrogens is 485 g/mol. The third kappa shape index (κ3) is 5.14. The summed E-state index contributed by atoms with van der Waals surface area (Å²) in [4.78, 5) is 42.7. The number of hydrogen-bond acceptors (Lipinski definition) is 3. The highest BCUT2D eigenvalue weighted by Gasteiger charge is 2.34. The lowest BCUT2D eigenvalue weighted by Gasteiger charge is -2.31. The van der Waals surface area contributed by atoms with Gasteiger partial charge in [-0.15, -0.1) is 0 Å². The van der Waals surface area contributed by atoms with E-state index in [0.717, 1.165) is 10.8 Å². The van der Waals surface area contributed by atoms with Crippen LogP contribution in [0.25, 0.3) is 10.8 Å². The average Bonchev–Trinajstić information content (AvgIpc) is 3.09. The fourth-order valence-electron chi connectivity index (χ4n) is 4.23. The molecule has 8 heteroatoms. The molecule has 1 atom stereocenters. The summed E-state index contributed by atoms with van der Waals surface area (Å²) in [7, 11) is 0. The summed E-state index contributed by atoms with van der Waals surface area (Å²) in [5, 5.41) is 5.55. The number of benzene rings is 3. The van der Waals surface area contributed by atoms with Gasteiger partial charge in [0.15, 0.2) is 0 Å². The van der Waals surface area contributed by atoms with Crippen molar-refractivity contribution < 1.29 is 14.4 Å². The Bertz CT molecular complexity index is 1300. The lowest BCUT2D eigenvalue weighted by molar-refractivity contribution is -0.139. The zero-order valence-electron chi connectivity index (χ0n) is 19.8. The van der Waals surface area contributed by atoms with E-state index >= 15 is 0 Å². The molecule has 0 aliphatic carbocycles. The van der Waals surface area contributed by atoms with Gasteiger partial charge in [0.25, 0.3) is 5.91 Å². The van der Waals surface area contributed by atoms with Gasteiger partial charge in [-0.1, -0.05) is 67.4 Å². The predicted octanol–water partition coefficient (Wildman–Crippen LogP) is 5.30. The van der Waals surface area contributed by atoms with E-state index in [1.54, 1.807) is 31.2 Å². The normalized spacial score (nSPS) is 13.4. The van der Waals surface area contributed by atoms with Gasteiger partial charge in [0, 0.05) is 34.1 Å². The van der Waals surface area contributed by atoms with E-state index in [1.807, 2.05) is 44.2 Å². The molecule has 0 spiro atoms. The van der Waals surface area contributed by atoms with Crippen LogP contribution >= 0.6 is 23.2 Å². The Kier molecular flexibility index (Phi) is 7.33. The number of nitrogens with zero attached hydrogens (tertiary/aromatic N) is 2. The molecular formula is C27H27Cl2N3O3. The van der Waals surface area contributed by atoms with Crippen LogP contribution in [0.15, 0.2) is 54.6 Å². The molecule has 1 aliphatic heterocycles. The van der Waals surface area contributed by atoms with E-state index in [4.69, 9.17) is 23.2 Å². The van der Waals surface area contributed by atoms with Crippen molar-refractivity contribution in [2.45, 2.75) is 33.4 Å². The van der Waals surface area contributed by atoms with Crippen molar-refractivity contribution in [1.29, 1.82) is 0 Å². The molecule has 1 N–H and O–H groups in total. The first-order chi connectivity index (χ1) is 16.7. The van der Waals surface area contributed by atoms with Crippen LogP contribution < -0.4 is 10.2 Å². The van der Waals surface area contributed by atoms with Crippen molar-refractivity contribution >= 4 is 57.4 Å². The van der Waals surface area contributed by atoms with Gasteiger partial charge >= 0.3 is 0 Å². The first kappa shape index (κ1) is 25.0. The molecule has 35 heavy (non-hydrogen) atoms. The maximum atomic E-state index is 13.7.